The zero-order valence-corrected chi connectivity index (χ0v) is 12.5. The highest BCUT2D eigenvalue weighted by Gasteiger charge is 2.35. The molecule has 0 aromatic heterocycles. The van der Waals surface area contributed by atoms with Crippen LogP contribution in [0.25, 0.3) is 0 Å². The fourth-order valence-electron chi connectivity index (χ4n) is 2.51. The molecule has 2 rings (SSSR count). The van der Waals surface area contributed by atoms with E-state index >= 15 is 0 Å². The number of hydrogen-bond acceptors (Lipinski definition) is 5. The maximum absolute atomic E-state index is 12.6. The normalized spacial score (nSPS) is 30.0. The van der Waals surface area contributed by atoms with E-state index in [1.807, 2.05) is 12.2 Å². The first kappa shape index (κ1) is 16.1. The minimum atomic E-state index is -0.698. The number of piperidine rings is 1. The molecule has 118 valence electrons. The molecule has 7 nitrogen and oxygen atoms in total. The predicted molar refractivity (Wildman–Crippen MR) is 81.9 cm³/mol. The molecule has 1 saturated heterocycles. The lowest BCUT2D eigenvalue weighted by Gasteiger charge is -2.33. The minimum Gasteiger partial charge on any atom is -0.327 e. The molecular weight excluding hydrogens is 284 g/mol. The molecule has 0 saturated carbocycles. The van der Waals surface area contributed by atoms with Crippen molar-refractivity contribution in [1.29, 1.82) is 0 Å². The summed E-state index contributed by atoms with van der Waals surface area (Å²) in [5.74, 6) is -0.523. The Hall–Kier alpha value is -2.28. The summed E-state index contributed by atoms with van der Waals surface area (Å²) < 4.78 is 0. The molecule has 1 fully saturated rings. The van der Waals surface area contributed by atoms with E-state index in [1.54, 1.807) is 13.0 Å². The van der Waals surface area contributed by atoms with Crippen LogP contribution in [-0.4, -0.2) is 47.6 Å². The predicted octanol–water partition coefficient (Wildman–Crippen LogP) is -0.116. The summed E-state index contributed by atoms with van der Waals surface area (Å²) in [4.78, 5) is 41.6. The maximum Gasteiger partial charge on any atom is 0.249 e. The summed E-state index contributed by atoms with van der Waals surface area (Å²) in [6, 6.07) is -0.698. The third kappa shape index (κ3) is 3.67. The monoisotopic (exact) mass is 304 g/mol. The number of amides is 3. The first-order valence-corrected chi connectivity index (χ1v) is 7.24. The van der Waals surface area contributed by atoms with Crippen LogP contribution in [0.3, 0.4) is 0 Å². The number of rotatable bonds is 2. The van der Waals surface area contributed by atoms with Crippen molar-refractivity contribution in [2.45, 2.75) is 32.2 Å². The van der Waals surface area contributed by atoms with Crippen LogP contribution in [-0.2, 0) is 14.4 Å². The SMILES string of the molecule is C/C1=N/C/C=C\C=C(\CN)CC(=O)N1C1CCC(=O)NC1=O. The molecule has 0 radical (unpaired) electrons. The van der Waals surface area contributed by atoms with Crippen molar-refractivity contribution in [1.82, 2.24) is 10.2 Å². The van der Waals surface area contributed by atoms with Gasteiger partial charge in [-0.2, -0.15) is 0 Å². The van der Waals surface area contributed by atoms with Gasteiger partial charge >= 0.3 is 0 Å². The average molecular weight is 304 g/mol. The number of amidine groups is 1. The Morgan fingerprint density at radius 1 is 1.41 bits per heavy atom. The van der Waals surface area contributed by atoms with Gasteiger partial charge in [0.05, 0.1) is 6.54 Å². The van der Waals surface area contributed by atoms with E-state index in [9.17, 15) is 14.4 Å². The van der Waals surface area contributed by atoms with Crippen LogP contribution in [0.15, 0.2) is 28.8 Å². The van der Waals surface area contributed by atoms with E-state index in [-0.39, 0.29) is 31.2 Å². The summed E-state index contributed by atoms with van der Waals surface area (Å²) in [5, 5.41) is 2.28. The van der Waals surface area contributed by atoms with Gasteiger partial charge in [0, 0.05) is 19.4 Å². The molecular formula is C15H20N4O3. The third-order valence-corrected chi connectivity index (χ3v) is 3.67. The highest BCUT2D eigenvalue weighted by atomic mass is 16.2. The molecule has 2 heterocycles. The zero-order chi connectivity index (χ0) is 16.1. The van der Waals surface area contributed by atoms with Crippen molar-refractivity contribution >= 4 is 23.6 Å². The summed E-state index contributed by atoms with van der Waals surface area (Å²) in [6.45, 7) is 2.38. The maximum atomic E-state index is 12.6. The van der Waals surface area contributed by atoms with Gasteiger partial charge in [-0.1, -0.05) is 18.2 Å². The molecule has 22 heavy (non-hydrogen) atoms. The van der Waals surface area contributed by atoms with Crippen LogP contribution in [0.2, 0.25) is 0 Å². The molecule has 0 aromatic carbocycles. The van der Waals surface area contributed by atoms with Gasteiger partial charge < -0.3 is 5.73 Å². The number of hydrogen-bond donors (Lipinski definition) is 2. The van der Waals surface area contributed by atoms with Crippen LogP contribution < -0.4 is 11.1 Å². The van der Waals surface area contributed by atoms with E-state index in [4.69, 9.17) is 5.73 Å². The van der Waals surface area contributed by atoms with Crippen molar-refractivity contribution in [3.8, 4) is 0 Å². The fraction of sp³-hybridized carbons (Fsp3) is 0.467. The van der Waals surface area contributed by atoms with Crippen molar-refractivity contribution in [3.63, 3.8) is 0 Å². The molecule has 0 spiro atoms. The summed E-state index contributed by atoms with van der Waals surface area (Å²) in [7, 11) is 0. The number of nitrogens with two attached hydrogens (primary N) is 1. The zero-order valence-electron chi connectivity index (χ0n) is 12.5. The van der Waals surface area contributed by atoms with E-state index < -0.39 is 11.9 Å². The Bertz CT molecular complexity index is 577. The second-order valence-corrected chi connectivity index (χ2v) is 5.25. The second kappa shape index (κ2) is 7.13. The van der Waals surface area contributed by atoms with Gasteiger partial charge in [0.15, 0.2) is 0 Å². The molecule has 2 aliphatic rings. The Labute approximate surface area is 128 Å². The number of aliphatic imine (C=N–C) groups is 1. The molecule has 0 bridgehead atoms. The Morgan fingerprint density at radius 2 is 2.18 bits per heavy atom. The summed E-state index contributed by atoms with van der Waals surface area (Å²) >= 11 is 0. The molecule has 3 amide bonds. The van der Waals surface area contributed by atoms with Crippen LogP contribution in [0, 0.1) is 0 Å². The van der Waals surface area contributed by atoms with Gasteiger partial charge in [-0.15, -0.1) is 0 Å². The molecule has 0 aromatic rings. The quantitative estimate of drug-likeness (QED) is 0.694. The third-order valence-electron chi connectivity index (χ3n) is 3.67. The minimum absolute atomic E-state index is 0.130. The van der Waals surface area contributed by atoms with Gasteiger partial charge in [-0.25, -0.2) is 0 Å². The van der Waals surface area contributed by atoms with Gasteiger partial charge in [0.1, 0.15) is 11.9 Å². The smallest absolute Gasteiger partial charge is 0.249 e. The number of carbonyl (C=O) groups is 3. The van der Waals surface area contributed by atoms with Crippen molar-refractivity contribution < 1.29 is 14.4 Å². The van der Waals surface area contributed by atoms with Gasteiger partial charge in [-0.3, -0.25) is 29.6 Å². The topological polar surface area (TPSA) is 105 Å². The van der Waals surface area contributed by atoms with E-state index in [0.717, 1.165) is 5.57 Å². The van der Waals surface area contributed by atoms with Crippen molar-refractivity contribution in [2.75, 3.05) is 13.1 Å². The van der Waals surface area contributed by atoms with Crippen LogP contribution in [0.4, 0.5) is 0 Å². The van der Waals surface area contributed by atoms with Crippen LogP contribution in [0.5, 0.6) is 0 Å². The number of nitrogens with one attached hydrogen (secondary N) is 1. The molecule has 0 aliphatic carbocycles. The molecule has 1 unspecified atom stereocenters. The lowest BCUT2D eigenvalue weighted by molar-refractivity contribution is -0.142. The number of imide groups is 1. The second-order valence-electron chi connectivity index (χ2n) is 5.25. The van der Waals surface area contributed by atoms with E-state index in [0.29, 0.717) is 18.8 Å². The fourth-order valence-corrected chi connectivity index (χ4v) is 2.51. The molecule has 2 aliphatic heterocycles. The highest BCUT2D eigenvalue weighted by molar-refractivity contribution is 6.07. The lowest BCUT2D eigenvalue weighted by atomic mass is 10.0. The number of allylic oxidation sites excluding steroid dienone is 2. The van der Waals surface area contributed by atoms with Gasteiger partial charge in [0.2, 0.25) is 17.7 Å². The van der Waals surface area contributed by atoms with Crippen molar-refractivity contribution in [2.24, 2.45) is 10.7 Å². The number of carbonyl (C=O) groups excluding carboxylic acids is 3. The highest BCUT2D eigenvalue weighted by Crippen LogP contribution is 2.17. The van der Waals surface area contributed by atoms with Gasteiger partial charge in [-0.05, 0) is 18.9 Å². The van der Waals surface area contributed by atoms with Crippen LogP contribution >= 0.6 is 0 Å². The molecule has 3 N–H and O–H groups in total. The van der Waals surface area contributed by atoms with Crippen molar-refractivity contribution in [3.05, 3.63) is 23.8 Å². The van der Waals surface area contributed by atoms with E-state index in [2.05, 4.69) is 10.3 Å². The summed E-state index contributed by atoms with van der Waals surface area (Å²) in [6.07, 6.45) is 6.14. The first-order valence-electron chi connectivity index (χ1n) is 7.24. The average Bonchev–Trinajstić information content (AvgIpc) is 2.47. The lowest BCUT2D eigenvalue weighted by Crippen LogP contribution is -2.56. The largest absolute Gasteiger partial charge is 0.327 e. The van der Waals surface area contributed by atoms with Crippen LogP contribution in [0.1, 0.15) is 26.2 Å². The summed E-state index contributed by atoms with van der Waals surface area (Å²) in [5.41, 5.74) is 6.44. The Kier molecular flexibility index (Phi) is 5.21. The standard InChI is InChI=1S/C15H20N4O3/c1-10-17-7-3-2-4-11(9-16)8-14(21)19(10)12-5-6-13(20)18-15(12)22/h2-4,12H,5-9,16H2,1H3,(H,18,20,22)/b3-2-,11-4+,17-10-. The Balaban J connectivity index is 2.30. The molecule has 1 atom stereocenters. The first-order chi connectivity index (χ1) is 10.5. The number of nitrogens with zero attached hydrogens (tertiary/aromatic N) is 2. The molecule has 7 heteroatoms. The van der Waals surface area contributed by atoms with E-state index in [1.165, 1.54) is 4.90 Å². The van der Waals surface area contributed by atoms with Gasteiger partial charge in [0.25, 0.3) is 0 Å². The Morgan fingerprint density at radius 3 is 2.86 bits per heavy atom.